The van der Waals surface area contributed by atoms with E-state index in [1.807, 2.05) is 25.1 Å². The first-order chi connectivity index (χ1) is 8.08. The predicted molar refractivity (Wildman–Crippen MR) is 68.2 cm³/mol. The number of ether oxygens (including phenoxy) is 1. The molecule has 3 heteroatoms. The van der Waals surface area contributed by atoms with Crippen molar-refractivity contribution in [2.45, 2.75) is 13.3 Å². The van der Waals surface area contributed by atoms with Gasteiger partial charge in [-0.3, -0.25) is 0 Å². The minimum Gasteiger partial charge on any atom is -0.496 e. The fraction of sp³-hybridized carbons (Fsp3) is 0.214. The van der Waals surface area contributed by atoms with Gasteiger partial charge in [-0.05, 0) is 36.6 Å². The zero-order chi connectivity index (χ0) is 12.8. The highest BCUT2D eigenvalue weighted by molar-refractivity contribution is 5.92. The highest BCUT2D eigenvalue weighted by Crippen LogP contribution is 2.21. The molecule has 0 radical (unpaired) electrons. The Balaban J connectivity index is 3.10. The van der Waals surface area contributed by atoms with E-state index in [1.54, 1.807) is 19.3 Å². The van der Waals surface area contributed by atoms with Crippen LogP contribution >= 0.6 is 0 Å². The van der Waals surface area contributed by atoms with Gasteiger partial charge in [0, 0.05) is 5.57 Å². The Hall–Kier alpha value is -2.03. The van der Waals surface area contributed by atoms with Gasteiger partial charge in [0.05, 0.1) is 7.11 Å². The van der Waals surface area contributed by atoms with Crippen LogP contribution in [0.5, 0.6) is 5.75 Å². The molecule has 1 N–H and O–H groups in total. The number of rotatable bonds is 5. The van der Waals surface area contributed by atoms with Gasteiger partial charge in [0.1, 0.15) is 5.75 Å². The molecule has 0 fully saturated rings. The number of carbonyl (C=O) groups is 1. The van der Waals surface area contributed by atoms with E-state index in [9.17, 15) is 4.79 Å². The Bertz CT molecular complexity index is 459. The number of hydrogen-bond donors (Lipinski definition) is 1. The minimum atomic E-state index is -0.926. The summed E-state index contributed by atoms with van der Waals surface area (Å²) in [6, 6.07) is 5.59. The number of aryl methyl sites for hydroxylation is 1. The van der Waals surface area contributed by atoms with Crippen molar-refractivity contribution < 1.29 is 14.6 Å². The van der Waals surface area contributed by atoms with E-state index < -0.39 is 5.97 Å². The first kappa shape index (κ1) is 13.0. The predicted octanol–water partition coefficient (Wildman–Crippen LogP) is 3.05. The third-order valence-corrected chi connectivity index (χ3v) is 2.41. The zero-order valence-corrected chi connectivity index (χ0v) is 10.1. The van der Waals surface area contributed by atoms with E-state index in [0.717, 1.165) is 16.9 Å². The summed E-state index contributed by atoms with van der Waals surface area (Å²) in [7, 11) is 1.59. The summed E-state index contributed by atoms with van der Waals surface area (Å²) in [5.41, 5.74) is 2.14. The van der Waals surface area contributed by atoms with Gasteiger partial charge < -0.3 is 9.84 Å². The lowest BCUT2D eigenvalue weighted by Crippen LogP contribution is -1.99. The maximum Gasteiger partial charge on any atom is 0.331 e. The maximum absolute atomic E-state index is 11.0. The molecule has 1 aromatic carbocycles. The van der Waals surface area contributed by atoms with Gasteiger partial charge in [-0.1, -0.05) is 18.2 Å². The second-order valence-corrected chi connectivity index (χ2v) is 3.70. The molecule has 0 aliphatic carbocycles. The first-order valence-corrected chi connectivity index (χ1v) is 5.28. The van der Waals surface area contributed by atoms with Gasteiger partial charge in [0.2, 0.25) is 0 Å². The van der Waals surface area contributed by atoms with Crippen LogP contribution in [0.15, 0.2) is 36.4 Å². The standard InChI is InChI=1S/C14H16O3/c1-4-5-12(14(15)16)8-11-7-6-10(2)13(9-11)17-3/h4,6-9H,1,5H2,2-3H3,(H,15,16)/b12-8+. The maximum atomic E-state index is 11.0. The fourth-order valence-corrected chi connectivity index (χ4v) is 1.49. The van der Waals surface area contributed by atoms with Crippen molar-refractivity contribution in [3.63, 3.8) is 0 Å². The van der Waals surface area contributed by atoms with E-state index >= 15 is 0 Å². The number of benzene rings is 1. The number of carboxylic acid groups (broad SMARTS) is 1. The summed E-state index contributed by atoms with van der Waals surface area (Å²) in [6.45, 7) is 5.48. The third kappa shape index (κ3) is 3.48. The molecule has 0 aromatic heterocycles. The van der Waals surface area contributed by atoms with Crippen LogP contribution in [0.4, 0.5) is 0 Å². The fourth-order valence-electron chi connectivity index (χ4n) is 1.49. The van der Waals surface area contributed by atoms with Gasteiger partial charge in [0.25, 0.3) is 0 Å². The van der Waals surface area contributed by atoms with Crippen molar-refractivity contribution in [3.05, 3.63) is 47.6 Å². The second-order valence-electron chi connectivity index (χ2n) is 3.70. The van der Waals surface area contributed by atoms with Gasteiger partial charge in [0.15, 0.2) is 0 Å². The molecular weight excluding hydrogens is 216 g/mol. The summed E-state index contributed by atoms with van der Waals surface area (Å²) in [5, 5.41) is 9.00. The molecule has 0 bridgehead atoms. The van der Waals surface area contributed by atoms with Crippen molar-refractivity contribution in [1.29, 1.82) is 0 Å². The minimum absolute atomic E-state index is 0.311. The number of carboxylic acids is 1. The number of aliphatic carboxylic acids is 1. The lowest BCUT2D eigenvalue weighted by atomic mass is 10.1. The lowest BCUT2D eigenvalue weighted by molar-refractivity contribution is -0.132. The normalized spacial score (nSPS) is 11.1. The molecule has 0 saturated heterocycles. The van der Waals surface area contributed by atoms with E-state index in [2.05, 4.69) is 6.58 Å². The summed E-state index contributed by atoms with van der Waals surface area (Å²) < 4.78 is 5.19. The molecule has 90 valence electrons. The van der Waals surface area contributed by atoms with Crippen LogP contribution in [-0.4, -0.2) is 18.2 Å². The SMILES string of the molecule is C=CC/C(=C\c1ccc(C)c(OC)c1)C(=O)O. The van der Waals surface area contributed by atoms with Crippen LogP contribution in [0.25, 0.3) is 6.08 Å². The van der Waals surface area contributed by atoms with Crippen LogP contribution < -0.4 is 4.74 Å². The molecule has 1 rings (SSSR count). The highest BCUT2D eigenvalue weighted by atomic mass is 16.5. The Labute approximate surface area is 101 Å². The zero-order valence-electron chi connectivity index (χ0n) is 10.1. The van der Waals surface area contributed by atoms with Crippen LogP contribution in [-0.2, 0) is 4.79 Å². The van der Waals surface area contributed by atoms with Crippen LogP contribution in [0.2, 0.25) is 0 Å². The van der Waals surface area contributed by atoms with E-state index in [4.69, 9.17) is 9.84 Å². The van der Waals surface area contributed by atoms with E-state index in [1.165, 1.54) is 0 Å². The van der Waals surface area contributed by atoms with Gasteiger partial charge in [-0.25, -0.2) is 4.79 Å². The van der Waals surface area contributed by atoms with Crippen molar-refractivity contribution in [2.24, 2.45) is 0 Å². The van der Waals surface area contributed by atoms with Crippen LogP contribution in [0, 0.1) is 6.92 Å². The molecule has 0 atom stereocenters. The van der Waals surface area contributed by atoms with Crippen molar-refractivity contribution in [1.82, 2.24) is 0 Å². The van der Waals surface area contributed by atoms with Gasteiger partial charge in [-0.2, -0.15) is 0 Å². The molecule has 1 aromatic rings. The first-order valence-electron chi connectivity index (χ1n) is 5.28. The average molecular weight is 232 g/mol. The molecule has 17 heavy (non-hydrogen) atoms. The molecule has 0 saturated carbocycles. The van der Waals surface area contributed by atoms with Crippen molar-refractivity contribution >= 4 is 12.0 Å². The number of methoxy groups -OCH3 is 1. The summed E-state index contributed by atoms with van der Waals surface area (Å²) in [4.78, 5) is 11.0. The molecule has 0 spiro atoms. The third-order valence-electron chi connectivity index (χ3n) is 2.41. The summed E-state index contributed by atoms with van der Waals surface area (Å²) in [5.74, 6) is -0.175. The quantitative estimate of drug-likeness (QED) is 0.627. The Morgan fingerprint density at radius 2 is 2.24 bits per heavy atom. The topological polar surface area (TPSA) is 46.5 Å². The van der Waals surface area contributed by atoms with Crippen molar-refractivity contribution in [3.8, 4) is 5.75 Å². The number of allylic oxidation sites excluding steroid dienone is 1. The Morgan fingerprint density at radius 3 is 2.76 bits per heavy atom. The van der Waals surface area contributed by atoms with Gasteiger partial charge >= 0.3 is 5.97 Å². The Morgan fingerprint density at radius 1 is 1.53 bits per heavy atom. The van der Waals surface area contributed by atoms with Crippen LogP contribution in [0.3, 0.4) is 0 Å². The number of hydrogen-bond acceptors (Lipinski definition) is 2. The molecule has 0 unspecified atom stereocenters. The molecule has 0 aliphatic rings. The highest BCUT2D eigenvalue weighted by Gasteiger charge is 2.06. The summed E-state index contributed by atoms with van der Waals surface area (Å²) >= 11 is 0. The second kappa shape index (κ2) is 5.89. The Kier molecular flexibility index (Phi) is 4.52. The van der Waals surface area contributed by atoms with E-state index in [0.29, 0.717) is 12.0 Å². The lowest BCUT2D eigenvalue weighted by Gasteiger charge is -2.06. The van der Waals surface area contributed by atoms with E-state index in [-0.39, 0.29) is 0 Å². The molecule has 3 nitrogen and oxygen atoms in total. The largest absolute Gasteiger partial charge is 0.496 e. The van der Waals surface area contributed by atoms with Crippen molar-refractivity contribution in [2.75, 3.05) is 7.11 Å². The monoisotopic (exact) mass is 232 g/mol. The molecular formula is C14H16O3. The average Bonchev–Trinajstić information content (AvgIpc) is 2.30. The smallest absolute Gasteiger partial charge is 0.331 e. The molecule has 0 aliphatic heterocycles. The molecule has 0 amide bonds. The summed E-state index contributed by atoms with van der Waals surface area (Å²) in [6.07, 6.45) is 3.54. The van der Waals surface area contributed by atoms with Crippen LogP contribution in [0.1, 0.15) is 17.5 Å². The molecule has 0 heterocycles. The van der Waals surface area contributed by atoms with Gasteiger partial charge in [-0.15, -0.1) is 6.58 Å².